The van der Waals surface area contributed by atoms with Gasteiger partial charge in [-0.1, -0.05) is 36.2 Å². The van der Waals surface area contributed by atoms with Gasteiger partial charge < -0.3 is 10.4 Å². The molecule has 0 saturated heterocycles. The molecule has 28 heavy (non-hydrogen) atoms. The number of aliphatic hydroxyl groups is 1. The highest BCUT2D eigenvalue weighted by Gasteiger charge is 2.21. The van der Waals surface area contributed by atoms with Gasteiger partial charge in [-0.3, -0.25) is 18.5 Å². The molecule has 1 unspecified atom stereocenters. The molecule has 0 aliphatic rings. The minimum absolute atomic E-state index is 0.0989. The van der Waals surface area contributed by atoms with Crippen LogP contribution in [0, 0.1) is 0 Å². The topological polar surface area (TPSA) is 94.1 Å². The van der Waals surface area contributed by atoms with Crippen molar-refractivity contribution in [2.24, 2.45) is 14.1 Å². The molecular weight excluding hydrogens is 405 g/mol. The van der Waals surface area contributed by atoms with Crippen LogP contribution in [0.2, 0.25) is 10.0 Å². The second-order valence-electron chi connectivity index (χ2n) is 6.57. The molecule has 3 aromatic rings. The fourth-order valence-electron chi connectivity index (χ4n) is 2.99. The summed E-state index contributed by atoms with van der Waals surface area (Å²) in [6, 6.07) is 4.86. The molecule has 10 heteroatoms. The zero-order valence-corrected chi connectivity index (χ0v) is 17.3. The molecule has 0 aliphatic carbocycles. The average Bonchev–Trinajstić information content (AvgIpc) is 3.03. The summed E-state index contributed by atoms with van der Waals surface area (Å²) in [5.74, 6) is 0.375. The lowest BCUT2D eigenvalue weighted by molar-refractivity contribution is 0.271. The van der Waals surface area contributed by atoms with Gasteiger partial charge in [-0.15, -0.1) is 0 Å². The number of aryl methyl sites for hydroxylation is 1. The Hall–Kier alpha value is -2.29. The minimum Gasteiger partial charge on any atom is -0.394 e. The Morgan fingerprint density at radius 3 is 2.54 bits per heavy atom. The molecular formula is C18H21Cl2N5O3. The van der Waals surface area contributed by atoms with Crippen LogP contribution in [0.1, 0.15) is 18.9 Å². The van der Waals surface area contributed by atoms with Crippen LogP contribution in [-0.2, 0) is 20.6 Å². The normalized spacial score (nSPS) is 12.5. The number of anilines is 1. The van der Waals surface area contributed by atoms with E-state index in [1.165, 1.54) is 11.6 Å². The van der Waals surface area contributed by atoms with Gasteiger partial charge in [0.1, 0.15) is 0 Å². The lowest BCUT2D eigenvalue weighted by Gasteiger charge is -2.17. The van der Waals surface area contributed by atoms with Gasteiger partial charge in [-0.2, -0.15) is 4.98 Å². The number of fused-ring (bicyclic) bond motifs is 1. The largest absolute Gasteiger partial charge is 0.394 e. The Kier molecular flexibility index (Phi) is 5.83. The highest BCUT2D eigenvalue weighted by atomic mass is 35.5. The summed E-state index contributed by atoms with van der Waals surface area (Å²) in [4.78, 5) is 29.6. The zero-order chi connectivity index (χ0) is 20.6. The van der Waals surface area contributed by atoms with Gasteiger partial charge in [0.2, 0.25) is 5.95 Å². The van der Waals surface area contributed by atoms with Crippen LogP contribution < -0.4 is 16.6 Å². The zero-order valence-electron chi connectivity index (χ0n) is 15.7. The number of aliphatic hydroxyl groups excluding tert-OH is 1. The molecule has 150 valence electrons. The molecule has 0 spiro atoms. The lowest BCUT2D eigenvalue weighted by Crippen LogP contribution is -2.37. The maximum atomic E-state index is 12.8. The quantitative estimate of drug-likeness (QED) is 0.629. The van der Waals surface area contributed by atoms with Crippen molar-refractivity contribution in [2.45, 2.75) is 25.9 Å². The van der Waals surface area contributed by atoms with E-state index in [0.717, 1.165) is 10.1 Å². The number of rotatable bonds is 6. The van der Waals surface area contributed by atoms with E-state index in [4.69, 9.17) is 23.2 Å². The predicted octanol–water partition coefficient (Wildman–Crippen LogP) is 1.97. The van der Waals surface area contributed by atoms with Crippen molar-refractivity contribution >= 4 is 40.3 Å². The van der Waals surface area contributed by atoms with Gasteiger partial charge in [-0.25, -0.2) is 4.79 Å². The molecule has 1 aromatic carbocycles. The Balaban J connectivity index is 2.27. The molecule has 3 rings (SSSR count). The van der Waals surface area contributed by atoms with E-state index >= 15 is 0 Å². The van der Waals surface area contributed by atoms with Crippen molar-refractivity contribution in [1.82, 2.24) is 18.7 Å². The second kappa shape index (κ2) is 7.98. The number of halogens is 2. The van der Waals surface area contributed by atoms with Crippen LogP contribution in [0.3, 0.4) is 0 Å². The number of benzene rings is 1. The third kappa shape index (κ3) is 3.55. The summed E-state index contributed by atoms with van der Waals surface area (Å²) in [6.07, 6.45) is 0.651. The predicted molar refractivity (Wildman–Crippen MR) is 111 cm³/mol. The highest BCUT2D eigenvalue weighted by Crippen LogP contribution is 2.25. The maximum absolute atomic E-state index is 12.8. The Bertz CT molecular complexity index is 1140. The molecule has 0 saturated carbocycles. The van der Waals surface area contributed by atoms with Gasteiger partial charge in [0, 0.05) is 24.1 Å². The van der Waals surface area contributed by atoms with Crippen LogP contribution in [0.25, 0.3) is 11.2 Å². The summed E-state index contributed by atoms with van der Waals surface area (Å²) in [7, 11) is 2.98. The van der Waals surface area contributed by atoms with Crippen molar-refractivity contribution in [3.8, 4) is 0 Å². The van der Waals surface area contributed by atoms with Gasteiger partial charge in [0.05, 0.1) is 19.2 Å². The van der Waals surface area contributed by atoms with E-state index in [-0.39, 0.29) is 30.4 Å². The summed E-state index contributed by atoms with van der Waals surface area (Å²) in [6.45, 7) is 2.06. The van der Waals surface area contributed by atoms with E-state index in [1.807, 2.05) is 6.92 Å². The Morgan fingerprint density at radius 2 is 1.93 bits per heavy atom. The van der Waals surface area contributed by atoms with Gasteiger partial charge in [-0.05, 0) is 24.1 Å². The van der Waals surface area contributed by atoms with Crippen LogP contribution in [-0.4, -0.2) is 36.4 Å². The number of nitrogens with one attached hydrogen (secondary N) is 1. The molecule has 1 atom stereocenters. The number of hydrogen-bond donors (Lipinski definition) is 2. The first-order valence-corrected chi connectivity index (χ1v) is 9.51. The van der Waals surface area contributed by atoms with Crippen molar-refractivity contribution in [3.63, 3.8) is 0 Å². The van der Waals surface area contributed by atoms with Crippen LogP contribution in [0.4, 0.5) is 5.95 Å². The fourth-order valence-corrected chi connectivity index (χ4v) is 3.46. The first-order chi connectivity index (χ1) is 13.3. The van der Waals surface area contributed by atoms with Gasteiger partial charge >= 0.3 is 5.69 Å². The summed E-state index contributed by atoms with van der Waals surface area (Å²) in [5.41, 5.74) is 0.342. The summed E-state index contributed by atoms with van der Waals surface area (Å²) >= 11 is 12.3. The molecule has 0 fully saturated rings. The van der Waals surface area contributed by atoms with Gasteiger partial charge in [0.15, 0.2) is 11.2 Å². The van der Waals surface area contributed by atoms with Crippen LogP contribution in [0.15, 0.2) is 27.8 Å². The van der Waals surface area contributed by atoms with Crippen LogP contribution >= 0.6 is 23.2 Å². The first-order valence-electron chi connectivity index (χ1n) is 8.76. The van der Waals surface area contributed by atoms with Gasteiger partial charge in [0.25, 0.3) is 5.56 Å². The molecule has 2 heterocycles. The fraction of sp³-hybridized carbons (Fsp3) is 0.389. The van der Waals surface area contributed by atoms with E-state index in [1.54, 1.807) is 29.8 Å². The minimum atomic E-state index is -0.465. The Morgan fingerprint density at radius 1 is 1.21 bits per heavy atom. The van der Waals surface area contributed by atoms with E-state index < -0.39 is 11.2 Å². The molecule has 0 amide bonds. The molecule has 2 N–H and O–H groups in total. The third-order valence-corrected chi connectivity index (χ3v) is 5.32. The Labute approximate surface area is 170 Å². The van der Waals surface area contributed by atoms with E-state index in [9.17, 15) is 14.7 Å². The van der Waals surface area contributed by atoms with Crippen LogP contribution in [0.5, 0.6) is 0 Å². The second-order valence-corrected chi connectivity index (χ2v) is 7.41. The van der Waals surface area contributed by atoms with Crippen molar-refractivity contribution in [2.75, 3.05) is 11.9 Å². The van der Waals surface area contributed by atoms with E-state index in [0.29, 0.717) is 22.4 Å². The average molecular weight is 426 g/mol. The number of nitrogens with zero attached hydrogens (tertiary/aromatic N) is 4. The van der Waals surface area contributed by atoms with Crippen molar-refractivity contribution in [3.05, 3.63) is 54.6 Å². The van der Waals surface area contributed by atoms with E-state index in [2.05, 4.69) is 10.3 Å². The smallest absolute Gasteiger partial charge is 0.332 e. The molecule has 2 aromatic heterocycles. The molecule has 0 bridgehead atoms. The summed E-state index contributed by atoms with van der Waals surface area (Å²) < 4.78 is 4.03. The summed E-state index contributed by atoms with van der Waals surface area (Å²) in [5, 5.41) is 13.7. The molecule has 0 radical (unpaired) electrons. The highest BCUT2D eigenvalue weighted by molar-refractivity contribution is 6.35. The molecule has 0 aliphatic heterocycles. The van der Waals surface area contributed by atoms with Crippen molar-refractivity contribution < 1.29 is 5.11 Å². The lowest BCUT2D eigenvalue weighted by atomic mass is 10.2. The number of aromatic nitrogens is 4. The third-order valence-electron chi connectivity index (χ3n) is 4.74. The SMILES string of the molecule is CCC(CO)Nc1nc2c(c(=O)n(C)c(=O)n2C)n1Cc1ccc(Cl)cc1Cl. The van der Waals surface area contributed by atoms with Crippen molar-refractivity contribution in [1.29, 1.82) is 0 Å². The monoisotopic (exact) mass is 425 g/mol. The maximum Gasteiger partial charge on any atom is 0.332 e. The standard InChI is InChI=1S/C18H21Cl2N5O3/c1-4-12(9-26)21-17-22-15-14(16(27)24(3)18(28)23(15)2)25(17)8-10-5-6-11(19)7-13(10)20/h5-7,12,26H,4,8-9H2,1-3H3,(H,21,22). The first kappa shape index (κ1) is 20.4. The number of imidazole rings is 1. The number of hydrogen-bond acceptors (Lipinski definition) is 5. The molecule has 8 nitrogen and oxygen atoms in total.